The Morgan fingerprint density at radius 3 is 2.75 bits per heavy atom. The Kier molecular flexibility index (Phi) is 6.14. The third-order valence-corrected chi connectivity index (χ3v) is 6.21. The highest BCUT2D eigenvalue weighted by Crippen LogP contribution is 2.27. The maximum absolute atomic E-state index is 6.13. The molecule has 0 unspecified atom stereocenters. The molecule has 1 aliphatic rings. The Labute approximate surface area is 158 Å². The molecule has 5 heteroatoms. The zero-order valence-electron chi connectivity index (χ0n) is 13.9. The zero-order chi connectivity index (χ0) is 16.9. The molecule has 0 aliphatic heterocycles. The number of hydrogen-bond acceptors (Lipinski definition) is 2. The van der Waals surface area contributed by atoms with Crippen LogP contribution < -0.4 is 5.32 Å². The number of hydrogen-bond donors (Lipinski definition) is 1. The van der Waals surface area contributed by atoms with Gasteiger partial charge in [0.1, 0.15) is 0 Å². The summed E-state index contributed by atoms with van der Waals surface area (Å²) in [6.07, 6.45) is 6.40. The largest absolute Gasteiger partial charge is 0.341 e. The smallest absolute Gasteiger partial charge is 0.174 e. The minimum absolute atomic E-state index is 0.536. The summed E-state index contributed by atoms with van der Waals surface area (Å²) >= 11 is 13.7. The van der Waals surface area contributed by atoms with E-state index < -0.39 is 0 Å². The van der Waals surface area contributed by atoms with Crippen molar-refractivity contribution in [2.24, 2.45) is 0 Å². The average Bonchev–Trinajstić information content (AvgIpc) is 3.10. The molecule has 1 N–H and O–H groups in total. The molecule has 2 aromatic rings. The Hall–Kier alpha value is -1.10. The first-order valence-corrected chi connectivity index (χ1v) is 10.2. The maximum atomic E-state index is 6.13. The van der Waals surface area contributed by atoms with E-state index >= 15 is 0 Å². The summed E-state index contributed by atoms with van der Waals surface area (Å²) in [4.78, 5) is 3.74. The van der Waals surface area contributed by atoms with Crippen molar-refractivity contribution in [2.75, 3.05) is 5.32 Å². The van der Waals surface area contributed by atoms with E-state index in [9.17, 15) is 0 Å². The SMILES string of the molecule is Cc1cc(NC(=S)N(Cc2cccs2)C2CCCCC2)ccc1Cl. The van der Waals surface area contributed by atoms with Crippen LogP contribution in [0.4, 0.5) is 5.69 Å². The van der Waals surface area contributed by atoms with Gasteiger partial charge in [-0.1, -0.05) is 36.9 Å². The predicted octanol–water partition coefficient (Wildman–Crippen LogP) is 6.24. The van der Waals surface area contributed by atoms with E-state index in [0.29, 0.717) is 6.04 Å². The number of thiocarbonyl (C=S) groups is 1. The number of anilines is 1. The number of nitrogens with zero attached hydrogens (tertiary/aromatic N) is 1. The summed E-state index contributed by atoms with van der Waals surface area (Å²) in [6.45, 7) is 2.90. The van der Waals surface area contributed by atoms with Crippen LogP contribution in [0.5, 0.6) is 0 Å². The van der Waals surface area contributed by atoms with Crippen LogP contribution in [0, 0.1) is 6.92 Å². The van der Waals surface area contributed by atoms with E-state index in [1.54, 1.807) is 11.3 Å². The molecule has 24 heavy (non-hydrogen) atoms. The third-order valence-electron chi connectivity index (χ3n) is 4.59. The first-order valence-electron chi connectivity index (χ1n) is 8.49. The van der Waals surface area contributed by atoms with Gasteiger partial charge in [0.25, 0.3) is 0 Å². The van der Waals surface area contributed by atoms with Gasteiger partial charge in [-0.25, -0.2) is 0 Å². The van der Waals surface area contributed by atoms with Crippen LogP contribution in [0.2, 0.25) is 5.02 Å². The lowest BCUT2D eigenvalue weighted by atomic mass is 9.94. The summed E-state index contributed by atoms with van der Waals surface area (Å²) in [5.74, 6) is 0. The zero-order valence-corrected chi connectivity index (χ0v) is 16.3. The van der Waals surface area contributed by atoms with Crippen LogP contribution in [-0.4, -0.2) is 16.1 Å². The highest BCUT2D eigenvalue weighted by atomic mass is 35.5. The second-order valence-corrected chi connectivity index (χ2v) is 8.22. The van der Waals surface area contributed by atoms with Crippen molar-refractivity contribution < 1.29 is 0 Å². The number of rotatable bonds is 4. The van der Waals surface area contributed by atoms with E-state index in [1.165, 1.54) is 37.0 Å². The molecule has 1 aromatic carbocycles. The summed E-state index contributed by atoms with van der Waals surface area (Å²) in [5, 5.41) is 7.16. The minimum Gasteiger partial charge on any atom is -0.341 e. The van der Waals surface area contributed by atoms with Gasteiger partial charge in [0.2, 0.25) is 0 Å². The minimum atomic E-state index is 0.536. The summed E-state index contributed by atoms with van der Waals surface area (Å²) in [5.41, 5.74) is 2.07. The number of aryl methyl sites for hydroxylation is 1. The Bertz CT molecular complexity index is 679. The molecule has 0 bridgehead atoms. The summed E-state index contributed by atoms with van der Waals surface area (Å²) in [7, 11) is 0. The van der Waals surface area contributed by atoms with E-state index in [1.807, 2.05) is 19.1 Å². The summed E-state index contributed by atoms with van der Waals surface area (Å²) in [6, 6.07) is 10.8. The highest BCUT2D eigenvalue weighted by molar-refractivity contribution is 7.80. The first-order chi connectivity index (χ1) is 11.6. The maximum Gasteiger partial charge on any atom is 0.174 e. The summed E-state index contributed by atoms with van der Waals surface area (Å²) < 4.78 is 0. The molecule has 1 saturated carbocycles. The second-order valence-electron chi connectivity index (χ2n) is 6.39. The van der Waals surface area contributed by atoms with Crippen LogP contribution in [0.15, 0.2) is 35.7 Å². The van der Waals surface area contributed by atoms with Crippen LogP contribution in [0.25, 0.3) is 0 Å². The standard InChI is InChI=1S/C19H23ClN2S2/c1-14-12-15(9-10-18(14)20)21-19(23)22(13-17-8-5-11-24-17)16-6-3-2-4-7-16/h5,8-12,16H,2-4,6-7,13H2,1H3,(H,21,23). The average molecular weight is 379 g/mol. The molecule has 128 valence electrons. The Morgan fingerprint density at radius 2 is 2.08 bits per heavy atom. The quantitative estimate of drug-likeness (QED) is 0.633. The van der Waals surface area contributed by atoms with E-state index in [0.717, 1.165) is 27.9 Å². The molecule has 1 aliphatic carbocycles. The van der Waals surface area contributed by atoms with Gasteiger partial charge in [0, 0.05) is 21.6 Å². The van der Waals surface area contributed by atoms with Gasteiger partial charge >= 0.3 is 0 Å². The van der Waals surface area contributed by atoms with E-state index in [2.05, 4.69) is 33.8 Å². The van der Waals surface area contributed by atoms with Crippen molar-refractivity contribution >= 4 is 46.0 Å². The lowest BCUT2D eigenvalue weighted by Crippen LogP contribution is -2.43. The van der Waals surface area contributed by atoms with Gasteiger partial charge in [0.05, 0.1) is 6.54 Å². The number of halogens is 1. The Morgan fingerprint density at radius 1 is 1.29 bits per heavy atom. The van der Waals surface area contributed by atoms with Crippen LogP contribution in [-0.2, 0) is 6.54 Å². The van der Waals surface area contributed by atoms with Gasteiger partial charge in [-0.3, -0.25) is 0 Å². The number of nitrogens with one attached hydrogen (secondary N) is 1. The van der Waals surface area contributed by atoms with E-state index in [-0.39, 0.29) is 0 Å². The molecule has 0 spiro atoms. The predicted molar refractivity (Wildman–Crippen MR) is 109 cm³/mol. The van der Waals surface area contributed by atoms with Gasteiger partial charge in [-0.05, 0) is 67.2 Å². The topological polar surface area (TPSA) is 15.3 Å². The Balaban J connectivity index is 1.75. The van der Waals surface area contributed by atoms with Crippen molar-refractivity contribution in [3.05, 3.63) is 51.2 Å². The fourth-order valence-corrected chi connectivity index (χ4v) is 4.40. The molecule has 1 fully saturated rings. The molecule has 2 nitrogen and oxygen atoms in total. The van der Waals surface area contributed by atoms with Crippen molar-refractivity contribution in [1.82, 2.24) is 4.90 Å². The lowest BCUT2D eigenvalue weighted by Gasteiger charge is -2.36. The number of benzene rings is 1. The van der Waals surface area contributed by atoms with Crippen molar-refractivity contribution in [2.45, 2.75) is 51.6 Å². The third kappa shape index (κ3) is 4.50. The van der Waals surface area contributed by atoms with Crippen LogP contribution in [0.1, 0.15) is 42.5 Å². The van der Waals surface area contributed by atoms with Gasteiger partial charge in [-0.2, -0.15) is 0 Å². The van der Waals surface area contributed by atoms with Crippen LogP contribution >= 0.6 is 35.2 Å². The molecule has 0 amide bonds. The molecular weight excluding hydrogens is 356 g/mol. The van der Waals surface area contributed by atoms with Gasteiger partial charge < -0.3 is 10.2 Å². The molecule has 0 saturated heterocycles. The molecule has 0 radical (unpaired) electrons. The van der Waals surface area contributed by atoms with Crippen molar-refractivity contribution in [1.29, 1.82) is 0 Å². The van der Waals surface area contributed by atoms with E-state index in [4.69, 9.17) is 23.8 Å². The fraction of sp³-hybridized carbons (Fsp3) is 0.421. The molecular formula is C19H23ClN2S2. The molecule has 1 heterocycles. The van der Waals surface area contributed by atoms with Crippen molar-refractivity contribution in [3.63, 3.8) is 0 Å². The molecule has 0 atom stereocenters. The van der Waals surface area contributed by atoms with Gasteiger partial charge in [-0.15, -0.1) is 11.3 Å². The monoisotopic (exact) mass is 378 g/mol. The molecule has 1 aromatic heterocycles. The fourth-order valence-electron chi connectivity index (χ4n) is 3.25. The first kappa shape index (κ1) is 17.7. The second kappa shape index (κ2) is 8.32. The lowest BCUT2D eigenvalue weighted by molar-refractivity contribution is 0.242. The highest BCUT2D eigenvalue weighted by Gasteiger charge is 2.24. The van der Waals surface area contributed by atoms with Crippen molar-refractivity contribution in [3.8, 4) is 0 Å². The van der Waals surface area contributed by atoms with Gasteiger partial charge in [0.15, 0.2) is 5.11 Å². The normalized spacial score (nSPS) is 15.2. The number of thiophene rings is 1. The van der Waals surface area contributed by atoms with Crippen LogP contribution in [0.3, 0.4) is 0 Å². The molecule has 3 rings (SSSR count).